The maximum Gasteiger partial charge on any atom is 0.307 e. The minimum Gasteiger partial charge on any atom is -0.481 e. The van der Waals surface area contributed by atoms with Gasteiger partial charge in [0.15, 0.2) is 6.10 Å². The fourth-order valence-corrected chi connectivity index (χ4v) is 4.08. The van der Waals surface area contributed by atoms with Crippen molar-refractivity contribution in [3.63, 3.8) is 0 Å². The number of rotatable bonds is 5. The van der Waals surface area contributed by atoms with Gasteiger partial charge in [-0.2, -0.15) is 0 Å². The van der Waals surface area contributed by atoms with Crippen LogP contribution in [-0.4, -0.2) is 29.0 Å². The van der Waals surface area contributed by atoms with Crippen LogP contribution in [0.4, 0.5) is 0 Å². The van der Waals surface area contributed by atoms with Gasteiger partial charge >= 0.3 is 5.97 Å². The van der Waals surface area contributed by atoms with Crippen molar-refractivity contribution in [2.75, 3.05) is 0 Å². The normalized spacial score (nSPS) is 26.5. The maximum atomic E-state index is 12.5. The molecule has 144 valence electrons. The molecule has 2 bridgehead atoms. The number of carbonyl (C=O) groups excluding carboxylic acids is 2. The average molecular weight is 372 g/mol. The SMILES string of the molecule is Cc1cc(C)cc(O[C@H](C)C(=O)NNC(=O)[C@@H]2[C@H](C(=O)O)[C@H]3C=C[C@H]2C3)c1. The predicted molar refractivity (Wildman–Crippen MR) is 97.6 cm³/mol. The van der Waals surface area contributed by atoms with Crippen molar-refractivity contribution in [3.05, 3.63) is 41.5 Å². The van der Waals surface area contributed by atoms with Crippen LogP contribution in [0, 0.1) is 37.5 Å². The summed E-state index contributed by atoms with van der Waals surface area (Å²) in [6, 6.07) is 5.66. The van der Waals surface area contributed by atoms with E-state index in [9.17, 15) is 19.5 Å². The summed E-state index contributed by atoms with van der Waals surface area (Å²) < 4.78 is 5.64. The summed E-state index contributed by atoms with van der Waals surface area (Å²) in [7, 11) is 0. The Morgan fingerprint density at radius 1 is 1.04 bits per heavy atom. The van der Waals surface area contributed by atoms with Gasteiger partial charge in [-0.15, -0.1) is 0 Å². The second kappa shape index (κ2) is 7.42. The van der Waals surface area contributed by atoms with Gasteiger partial charge in [-0.1, -0.05) is 18.2 Å². The van der Waals surface area contributed by atoms with Crippen molar-refractivity contribution in [1.82, 2.24) is 10.9 Å². The van der Waals surface area contributed by atoms with E-state index in [-0.39, 0.29) is 11.8 Å². The van der Waals surface area contributed by atoms with Crippen LogP contribution in [0.25, 0.3) is 0 Å². The van der Waals surface area contributed by atoms with Crippen molar-refractivity contribution < 1.29 is 24.2 Å². The molecule has 1 aromatic rings. The topological polar surface area (TPSA) is 105 Å². The number of aryl methyl sites for hydroxylation is 2. The number of carboxylic acid groups (broad SMARTS) is 1. The Balaban J connectivity index is 1.56. The lowest BCUT2D eigenvalue weighted by Crippen LogP contribution is -2.51. The molecule has 1 saturated carbocycles. The van der Waals surface area contributed by atoms with Gasteiger partial charge in [0.25, 0.3) is 5.91 Å². The van der Waals surface area contributed by atoms with Crippen molar-refractivity contribution in [1.29, 1.82) is 0 Å². The second-order valence-electron chi connectivity index (χ2n) is 7.40. The van der Waals surface area contributed by atoms with E-state index >= 15 is 0 Å². The fourth-order valence-electron chi connectivity index (χ4n) is 4.08. The molecule has 5 atom stereocenters. The van der Waals surface area contributed by atoms with Crippen molar-refractivity contribution >= 4 is 17.8 Å². The Morgan fingerprint density at radius 3 is 2.22 bits per heavy atom. The third kappa shape index (κ3) is 3.97. The van der Waals surface area contributed by atoms with Gasteiger partial charge in [-0.25, -0.2) is 0 Å². The number of carboxylic acids is 1. The molecular formula is C20H24N2O5. The summed E-state index contributed by atoms with van der Waals surface area (Å²) in [5.74, 6) is -3.04. The van der Waals surface area contributed by atoms with Gasteiger partial charge in [0.2, 0.25) is 5.91 Å². The van der Waals surface area contributed by atoms with Crippen LogP contribution < -0.4 is 15.6 Å². The van der Waals surface area contributed by atoms with Crippen molar-refractivity contribution in [3.8, 4) is 5.75 Å². The molecule has 0 saturated heterocycles. The number of carbonyl (C=O) groups is 3. The van der Waals surface area contributed by atoms with Crippen LogP contribution in [0.3, 0.4) is 0 Å². The summed E-state index contributed by atoms with van der Waals surface area (Å²) in [5.41, 5.74) is 6.76. The number of fused-ring (bicyclic) bond motifs is 2. The van der Waals surface area contributed by atoms with Crippen LogP contribution in [0.1, 0.15) is 24.5 Å². The highest BCUT2D eigenvalue weighted by Gasteiger charge is 2.51. The zero-order valence-corrected chi connectivity index (χ0v) is 15.6. The zero-order chi connectivity index (χ0) is 19.7. The molecule has 7 heteroatoms. The Kier molecular flexibility index (Phi) is 5.21. The first-order valence-corrected chi connectivity index (χ1v) is 9.02. The van der Waals surface area contributed by atoms with E-state index in [0.29, 0.717) is 12.2 Å². The van der Waals surface area contributed by atoms with E-state index in [2.05, 4.69) is 10.9 Å². The van der Waals surface area contributed by atoms with E-state index in [4.69, 9.17) is 4.74 Å². The third-order valence-corrected chi connectivity index (χ3v) is 5.23. The molecule has 1 aromatic carbocycles. The minimum atomic E-state index is -0.982. The highest BCUT2D eigenvalue weighted by Crippen LogP contribution is 2.48. The summed E-state index contributed by atoms with van der Waals surface area (Å²) in [6.07, 6.45) is 3.60. The van der Waals surface area contributed by atoms with Gasteiger partial charge in [0.1, 0.15) is 5.75 Å². The Hall–Kier alpha value is -2.83. The number of hydrazine groups is 1. The van der Waals surface area contributed by atoms with Crippen LogP contribution in [0.2, 0.25) is 0 Å². The first kappa shape index (κ1) is 18.9. The molecule has 2 amide bonds. The van der Waals surface area contributed by atoms with Gasteiger partial charge in [-0.3, -0.25) is 25.2 Å². The highest BCUT2D eigenvalue weighted by atomic mass is 16.5. The number of amides is 2. The molecule has 0 unspecified atom stereocenters. The fraction of sp³-hybridized carbons (Fsp3) is 0.450. The number of ether oxygens (including phenoxy) is 1. The van der Waals surface area contributed by atoms with E-state index in [1.165, 1.54) is 0 Å². The standard InChI is InChI=1S/C20H24N2O5/c1-10-6-11(2)8-15(7-10)27-12(3)18(23)21-22-19(24)16-13-4-5-14(9-13)17(16)20(25)26/h4-8,12-14,16-17H,9H2,1-3H3,(H,21,23)(H,22,24)(H,25,26)/t12-,13+,14+,16+,17-/m1/s1. The molecule has 3 rings (SSSR count). The highest BCUT2D eigenvalue weighted by molar-refractivity contribution is 5.89. The molecule has 0 aliphatic heterocycles. The maximum absolute atomic E-state index is 12.5. The molecule has 3 N–H and O–H groups in total. The average Bonchev–Trinajstić information content (AvgIpc) is 3.19. The molecule has 0 radical (unpaired) electrons. The van der Waals surface area contributed by atoms with Gasteiger partial charge in [-0.05, 0) is 62.3 Å². The molecule has 0 heterocycles. The van der Waals surface area contributed by atoms with Crippen molar-refractivity contribution in [2.45, 2.75) is 33.3 Å². The van der Waals surface area contributed by atoms with Crippen LogP contribution >= 0.6 is 0 Å². The summed E-state index contributed by atoms with van der Waals surface area (Å²) in [5, 5.41) is 9.41. The van der Waals surface area contributed by atoms with Gasteiger partial charge < -0.3 is 9.84 Å². The number of hydrogen-bond acceptors (Lipinski definition) is 4. The Morgan fingerprint density at radius 2 is 1.63 bits per heavy atom. The van der Waals surface area contributed by atoms with E-state index in [1.807, 2.05) is 44.2 Å². The number of aliphatic carboxylic acids is 1. The molecule has 2 aliphatic carbocycles. The lowest BCUT2D eigenvalue weighted by atomic mass is 9.82. The van der Waals surface area contributed by atoms with Crippen LogP contribution in [0.15, 0.2) is 30.4 Å². The molecule has 1 fully saturated rings. The predicted octanol–water partition coefficient (Wildman–Crippen LogP) is 1.74. The van der Waals surface area contributed by atoms with Gasteiger partial charge in [0, 0.05) is 0 Å². The Bertz CT molecular complexity index is 783. The van der Waals surface area contributed by atoms with E-state index < -0.39 is 35.7 Å². The molecule has 27 heavy (non-hydrogen) atoms. The Labute approximate surface area is 157 Å². The second-order valence-corrected chi connectivity index (χ2v) is 7.40. The summed E-state index contributed by atoms with van der Waals surface area (Å²) >= 11 is 0. The lowest BCUT2D eigenvalue weighted by Gasteiger charge is -2.24. The minimum absolute atomic E-state index is 0.100. The molecule has 2 aliphatic rings. The molecule has 0 aromatic heterocycles. The quantitative estimate of drug-likeness (QED) is 0.539. The number of allylic oxidation sites excluding steroid dienone is 2. The number of hydrogen-bond donors (Lipinski definition) is 3. The summed E-state index contributed by atoms with van der Waals surface area (Å²) in [6.45, 7) is 5.46. The lowest BCUT2D eigenvalue weighted by molar-refractivity contribution is -0.148. The van der Waals surface area contributed by atoms with Crippen molar-refractivity contribution in [2.24, 2.45) is 23.7 Å². The van der Waals surface area contributed by atoms with Gasteiger partial charge in [0.05, 0.1) is 11.8 Å². The van der Waals surface area contributed by atoms with E-state index in [1.54, 1.807) is 6.92 Å². The number of benzene rings is 1. The number of nitrogens with one attached hydrogen (secondary N) is 2. The summed E-state index contributed by atoms with van der Waals surface area (Å²) in [4.78, 5) is 36.2. The molecule has 7 nitrogen and oxygen atoms in total. The molecular weight excluding hydrogens is 348 g/mol. The van der Waals surface area contributed by atoms with Crippen LogP contribution in [-0.2, 0) is 14.4 Å². The zero-order valence-electron chi connectivity index (χ0n) is 15.6. The monoisotopic (exact) mass is 372 g/mol. The third-order valence-electron chi connectivity index (χ3n) is 5.23. The van der Waals surface area contributed by atoms with E-state index in [0.717, 1.165) is 11.1 Å². The first-order valence-electron chi connectivity index (χ1n) is 9.02. The smallest absolute Gasteiger partial charge is 0.307 e. The largest absolute Gasteiger partial charge is 0.481 e. The van der Waals surface area contributed by atoms with Crippen LogP contribution in [0.5, 0.6) is 5.75 Å². The first-order chi connectivity index (χ1) is 12.8. The molecule has 0 spiro atoms.